The van der Waals surface area contributed by atoms with E-state index in [1.54, 1.807) is 22.3 Å². The first-order valence-electron chi connectivity index (χ1n) is 9.42. The summed E-state index contributed by atoms with van der Waals surface area (Å²) in [6.07, 6.45) is 12.1. The molecule has 0 bridgehead atoms. The molecule has 0 saturated carbocycles. The molecule has 5 rings (SSSR count). The molecule has 0 N–H and O–H groups in total. The summed E-state index contributed by atoms with van der Waals surface area (Å²) in [4.78, 5) is 4.89. The van der Waals surface area contributed by atoms with E-state index in [2.05, 4.69) is 36.4 Å². The molecule has 0 radical (unpaired) electrons. The van der Waals surface area contributed by atoms with Gasteiger partial charge in [-0.25, -0.2) is 0 Å². The third-order valence-corrected chi connectivity index (χ3v) is 5.91. The lowest BCUT2D eigenvalue weighted by Crippen LogP contribution is -2.07. The van der Waals surface area contributed by atoms with E-state index in [0.717, 1.165) is 0 Å². The van der Waals surface area contributed by atoms with Crippen molar-refractivity contribution < 1.29 is 0 Å². The molecule has 0 spiro atoms. The van der Waals surface area contributed by atoms with Crippen LogP contribution in [0.5, 0.6) is 0 Å². The summed E-state index contributed by atoms with van der Waals surface area (Å²) in [5, 5.41) is 2.78. The van der Waals surface area contributed by atoms with E-state index < -0.39 is 0 Å². The number of rotatable bonds is 1. The number of fused-ring (bicyclic) bond motifs is 4. The van der Waals surface area contributed by atoms with Crippen LogP contribution in [0, 0.1) is 0 Å². The minimum absolute atomic E-state index is 1.21. The Morgan fingerprint density at radius 2 is 1.42 bits per heavy atom. The first-order chi connectivity index (χ1) is 11.9. The molecule has 1 aromatic heterocycles. The lowest BCUT2D eigenvalue weighted by molar-refractivity contribution is 0.686. The second-order valence-corrected chi connectivity index (χ2v) is 7.32. The van der Waals surface area contributed by atoms with Gasteiger partial charge in [-0.1, -0.05) is 30.3 Å². The second kappa shape index (κ2) is 5.73. The zero-order valence-corrected chi connectivity index (χ0v) is 14.1. The van der Waals surface area contributed by atoms with Crippen molar-refractivity contribution >= 4 is 10.8 Å². The number of aryl methyl sites for hydroxylation is 3. The molecule has 1 nitrogen and oxygen atoms in total. The molecule has 0 fully saturated rings. The van der Waals surface area contributed by atoms with E-state index in [9.17, 15) is 0 Å². The minimum atomic E-state index is 1.21. The van der Waals surface area contributed by atoms with E-state index in [4.69, 9.17) is 4.98 Å². The molecule has 2 aromatic carbocycles. The van der Waals surface area contributed by atoms with Crippen LogP contribution in [0.1, 0.15) is 47.9 Å². The first kappa shape index (κ1) is 14.2. The van der Waals surface area contributed by atoms with Gasteiger partial charge < -0.3 is 0 Å². The van der Waals surface area contributed by atoms with Crippen molar-refractivity contribution in [3.63, 3.8) is 0 Å². The van der Waals surface area contributed by atoms with Crippen LogP contribution in [0.25, 0.3) is 22.0 Å². The monoisotopic (exact) mass is 313 g/mol. The van der Waals surface area contributed by atoms with Crippen molar-refractivity contribution in [2.45, 2.75) is 51.4 Å². The highest BCUT2D eigenvalue weighted by atomic mass is 14.7. The molecule has 0 amide bonds. The lowest BCUT2D eigenvalue weighted by atomic mass is 9.83. The topological polar surface area (TPSA) is 12.9 Å². The van der Waals surface area contributed by atoms with Gasteiger partial charge in [-0.05, 0) is 85.1 Å². The van der Waals surface area contributed by atoms with Gasteiger partial charge in [0, 0.05) is 17.1 Å². The Morgan fingerprint density at radius 1 is 0.667 bits per heavy atom. The summed E-state index contributed by atoms with van der Waals surface area (Å²) in [7, 11) is 0. The van der Waals surface area contributed by atoms with Crippen LogP contribution in [-0.4, -0.2) is 4.98 Å². The van der Waals surface area contributed by atoms with Crippen molar-refractivity contribution in [3.05, 3.63) is 64.8 Å². The van der Waals surface area contributed by atoms with E-state index >= 15 is 0 Å². The number of benzene rings is 2. The Labute approximate surface area is 143 Å². The molecule has 2 aliphatic rings. The van der Waals surface area contributed by atoms with Gasteiger partial charge in [0.15, 0.2) is 0 Å². The largest absolute Gasteiger partial charge is 0.256 e. The predicted octanol–water partition coefficient (Wildman–Crippen LogP) is 5.66. The molecule has 2 aliphatic carbocycles. The average Bonchev–Trinajstić information content (AvgIpc) is 2.67. The van der Waals surface area contributed by atoms with Crippen LogP contribution in [0.3, 0.4) is 0 Å². The summed E-state index contributed by atoms with van der Waals surface area (Å²) in [6, 6.07) is 13.7. The van der Waals surface area contributed by atoms with Crippen molar-refractivity contribution in [1.82, 2.24) is 4.98 Å². The van der Waals surface area contributed by atoms with Crippen LogP contribution in [0.4, 0.5) is 0 Å². The van der Waals surface area contributed by atoms with Crippen molar-refractivity contribution in [2.75, 3.05) is 0 Å². The molecule has 0 atom stereocenters. The van der Waals surface area contributed by atoms with E-state index in [-0.39, 0.29) is 0 Å². The molecule has 120 valence electrons. The molecular weight excluding hydrogens is 290 g/mol. The summed E-state index contributed by atoms with van der Waals surface area (Å²) in [5.41, 5.74) is 8.82. The van der Waals surface area contributed by atoms with Gasteiger partial charge >= 0.3 is 0 Å². The normalized spacial score (nSPS) is 16.7. The van der Waals surface area contributed by atoms with Crippen LogP contribution in [0.15, 0.2) is 42.6 Å². The van der Waals surface area contributed by atoms with E-state index in [1.165, 1.54) is 73.4 Å². The number of hydrogen-bond acceptors (Lipinski definition) is 1. The van der Waals surface area contributed by atoms with Crippen molar-refractivity contribution in [2.24, 2.45) is 0 Å². The summed E-state index contributed by atoms with van der Waals surface area (Å²) in [5.74, 6) is 0. The molecule has 1 heteroatoms. The summed E-state index contributed by atoms with van der Waals surface area (Å²) < 4.78 is 0. The Balaban J connectivity index is 1.82. The van der Waals surface area contributed by atoms with Crippen molar-refractivity contribution in [1.29, 1.82) is 0 Å². The number of pyridine rings is 1. The fourth-order valence-corrected chi connectivity index (χ4v) is 4.73. The van der Waals surface area contributed by atoms with Gasteiger partial charge in [0.1, 0.15) is 0 Å². The predicted molar refractivity (Wildman–Crippen MR) is 100 cm³/mol. The van der Waals surface area contributed by atoms with Crippen LogP contribution in [0.2, 0.25) is 0 Å². The molecule has 0 unspecified atom stereocenters. The Kier molecular flexibility index (Phi) is 3.40. The van der Waals surface area contributed by atoms with Gasteiger partial charge in [0.05, 0.1) is 5.69 Å². The van der Waals surface area contributed by atoms with E-state index in [1.807, 2.05) is 6.20 Å². The van der Waals surface area contributed by atoms with E-state index in [0.29, 0.717) is 0 Å². The maximum absolute atomic E-state index is 4.89. The van der Waals surface area contributed by atoms with Gasteiger partial charge in [-0.2, -0.15) is 0 Å². The van der Waals surface area contributed by atoms with Gasteiger partial charge in [-0.3, -0.25) is 4.98 Å². The lowest BCUT2D eigenvalue weighted by Gasteiger charge is -2.22. The Bertz CT molecular complexity index is 923. The van der Waals surface area contributed by atoms with Gasteiger partial charge in [-0.15, -0.1) is 0 Å². The Hall–Kier alpha value is -2.15. The highest BCUT2D eigenvalue weighted by molar-refractivity contribution is 5.98. The summed E-state index contributed by atoms with van der Waals surface area (Å²) in [6.45, 7) is 0. The maximum Gasteiger partial charge on any atom is 0.0786 e. The van der Waals surface area contributed by atoms with Gasteiger partial charge in [0.2, 0.25) is 0 Å². The van der Waals surface area contributed by atoms with Crippen molar-refractivity contribution in [3.8, 4) is 11.3 Å². The molecule has 1 heterocycles. The number of aromatic nitrogens is 1. The highest BCUT2D eigenvalue weighted by Crippen LogP contribution is 2.38. The zero-order chi connectivity index (χ0) is 15.9. The number of hydrogen-bond donors (Lipinski definition) is 0. The fourth-order valence-electron chi connectivity index (χ4n) is 4.73. The third kappa shape index (κ3) is 2.18. The second-order valence-electron chi connectivity index (χ2n) is 7.32. The fraction of sp³-hybridized carbons (Fsp3) is 0.348. The molecule has 0 aliphatic heterocycles. The standard InChI is InChI=1S/C23H23N/c1-3-9-19-16(6-1)8-5-11-21(19)23-22-18(14-15-24-23)13-12-17-7-2-4-10-20(17)22/h5,8,11-15H,1-4,6-7,9-10H2. The van der Waals surface area contributed by atoms with Crippen LogP contribution >= 0.6 is 0 Å². The first-order valence-corrected chi connectivity index (χ1v) is 9.42. The maximum atomic E-state index is 4.89. The third-order valence-electron chi connectivity index (χ3n) is 5.91. The molecule has 0 saturated heterocycles. The van der Waals surface area contributed by atoms with Gasteiger partial charge in [0.25, 0.3) is 0 Å². The summed E-state index contributed by atoms with van der Waals surface area (Å²) >= 11 is 0. The molecule has 3 aromatic rings. The van der Waals surface area contributed by atoms with Crippen LogP contribution in [-0.2, 0) is 25.7 Å². The number of nitrogens with zero attached hydrogens (tertiary/aromatic N) is 1. The zero-order valence-electron chi connectivity index (χ0n) is 14.1. The Morgan fingerprint density at radius 3 is 2.29 bits per heavy atom. The molecular formula is C23H23N. The quantitative estimate of drug-likeness (QED) is 0.565. The smallest absolute Gasteiger partial charge is 0.0786 e. The molecule has 24 heavy (non-hydrogen) atoms. The highest BCUT2D eigenvalue weighted by Gasteiger charge is 2.20. The van der Waals surface area contributed by atoms with Crippen LogP contribution < -0.4 is 0 Å². The minimum Gasteiger partial charge on any atom is -0.256 e. The average molecular weight is 313 g/mol. The SMILES string of the molecule is c1cc2c(c(-c3nccc4ccc5c(c34)CCCC5)c1)CCCC2.